The number of carbonyl (C=O) groups is 4. The molecule has 18 heteroatoms. The van der Waals surface area contributed by atoms with Crippen molar-refractivity contribution in [3.05, 3.63) is 150 Å². The van der Waals surface area contributed by atoms with Gasteiger partial charge in [0.2, 0.25) is 22.2 Å². The van der Waals surface area contributed by atoms with Crippen LogP contribution in [-0.2, 0) is 34.2 Å². The second-order valence-electron chi connectivity index (χ2n) is 14.6. The molecule has 0 bridgehead atoms. The van der Waals surface area contributed by atoms with Gasteiger partial charge in [-0.25, -0.2) is 9.59 Å². The Balaban J connectivity index is 1.08. The lowest BCUT2D eigenvalue weighted by atomic mass is 9.77. The number of β-lactam (4-membered cyclic amide) rings is 1. The Kier molecular flexibility index (Phi) is 13.1. The van der Waals surface area contributed by atoms with Gasteiger partial charge in [-0.3, -0.25) is 24.4 Å². The van der Waals surface area contributed by atoms with Gasteiger partial charge < -0.3 is 24.9 Å². The molecule has 1 fully saturated rings. The number of aromatic nitrogens is 3. The number of benzene rings is 3. The molecule has 1 saturated heterocycles. The summed E-state index contributed by atoms with van der Waals surface area (Å²) in [6, 6.07) is 32.3. The van der Waals surface area contributed by atoms with Gasteiger partial charge >= 0.3 is 12.1 Å². The van der Waals surface area contributed by atoms with Crippen molar-refractivity contribution in [1.82, 2.24) is 29.5 Å². The number of fused-ring (bicyclic) bond motifs is 1. The molecule has 2 aliphatic heterocycles. The molecule has 3 aromatic carbocycles. The molecule has 0 saturated carbocycles. The zero-order valence-electron chi connectivity index (χ0n) is 33.8. The van der Waals surface area contributed by atoms with Gasteiger partial charge in [0, 0.05) is 41.6 Å². The van der Waals surface area contributed by atoms with E-state index >= 15 is 0 Å². The van der Waals surface area contributed by atoms with Gasteiger partial charge in [-0.15, -0.1) is 11.8 Å². The fourth-order valence-corrected chi connectivity index (χ4v) is 9.33. The minimum atomic E-state index is -1.17. The Labute approximate surface area is 365 Å². The van der Waals surface area contributed by atoms with E-state index in [1.165, 1.54) is 35.7 Å². The van der Waals surface area contributed by atoms with E-state index in [2.05, 4.69) is 25.1 Å². The van der Waals surface area contributed by atoms with Gasteiger partial charge in [-0.05, 0) is 55.7 Å². The van der Waals surface area contributed by atoms with Crippen LogP contribution in [0.5, 0.6) is 0 Å². The molecule has 3 amide bonds. The highest BCUT2D eigenvalue weighted by atomic mass is 32.2. The Bertz CT molecular complexity index is 2320. The molecule has 2 aliphatic rings. The highest BCUT2D eigenvalue weighted by Gasteiger charge is 2.54. The normalized spacial score (nSPS) is 16.9. The number of pyridine rings is 1. The maximum atomic E-state index is 13.9. The first kappa shape index (κ1) is 42.9. The molecular formula is C43H42N8O7S3. The molecular weight excluding hydrogens is 837 g/mol. The van der Waals surface area contributed by atoms with E-state index in [1.807, 2.05) is 91.0 Å². The average Bonchev–Trinajstić information content (AvgIpc) is 3.74. The third kappa shape index (κ3) is 9.40. The molecule has 0 radical (unpaired) electrons. The fraction of sp³-hybridized carbons (Fsp3) is 0.256. The number of nitrogens with zero attached hydrogens (tertiary/aromatic N) is 6. The first-order valence-electron chi connectivity index (χ1n) is 19.0. The molecule has 4 heterocycles. The Morgan fingerprint density at radius 3 is 2.07 bits per heavy atom. The molecule has 3 atom stereocenters. The van der Waals surface area contributed by atoms with Crippen molar-refractivity contribution in [2.75, 3.05) is 25.2 Å². The smallest absolute Gasteiger partial charge is 0.413 e. The van der Waals surface area contributed by atoms with Crippen LogP contribution in [0.3, 0.4) is 0 Å². The first-order chi connectivity index (χ1) is 29.4. The summed E-state index contributed by atoms with van der Waals surface area (Å²) in [6.07, 6.45) is 4.01. The van der Waals surface area contributed by atoms with Crippen molar-refractivity contribution < 1.29 is 33.5 Å². The summed E-state index contributed by atoms with van der Waals surface area (Å²) in [5.41, 5.74) is -0.303. The van der Waals surface area contributed by atoms with E-state index in [4.69, 9.17) is 19.3 Å². The first-order valence-corrected chi connectivity index (χ1v) is 21.7. The minimum Gasteiger partial charge on any atom is -0.444 e. The topological polar surface area (TPSA) is 178 Å². The number of hydrogen-bond acceptors (Lipinski definition) is 15. The molecule has 314 valence electrons. The Morgan fingerprint density at radius 2 is 1.51 bits per heavy atom. The summed E-state index contributed by atoms with van der Waals surface area (Å²) in [7, 11) is 2.75. The van der Waals surface area contributed by atoms with Gasteiger partial charge in [-0.1, -0.05) is 108 Å². The number of ether oxygens (including phenoxy) is 2. The van der Waals surface area contributed by atoms with Crippen LogP contribution < -0.4 is 10.6 Å². The number of hydrogen-bond donors (Lipinski definition) is 2. The quantitative estimate of drug-likeness (QED) is 0.0237. The number of thioether (sulfide) groups is 2. The van der Waals surface area contributed by atoms with E-state index in [0.717, 1.165) is 40.0 Å². The van der Waals surface area contributed by atoms with Gasteiger partial charge in [-0.2, -0.15) is 9.36 Å². The lowest BCUT2D eigenvalue weighted by molar-refractivity contribution is -0.155. The second-order valence-corrected chi connectivity index (χ2v) is 17.6. The van der Waals surface area contributed by atoms with E-state index < -0.39 is 52.0 Å². The number of oxime groups is 1. The van der Waals surface area contributed by atoms with Crippen molar-refractivity contribution in [3.63, 3.8) is 0 Å². The number of rotatable bonds is 14. The van der Waals surface area contributed by atoms with Gasteiger partial charge in [0.1, 0.15) is 35.4 Å². The fourth-order valence-electron chi connectivity index (χ4n) is 6.61. The zero-order valence-corrected chi connectivity index (χ0v) is 36.2. The molecule has 0 aliphatic carbocycles. The van der Waals surface area contributed by atoms with Crippen LogP contribution in [0.1, 0.15) is 43.3 Å². The predicted molar refractivity (Wildman–Crippen MR) is 233 cm³/mol. The number of carbonyl (C=O) groups excluding carboxylic acids is 4. The second kappa shape index (κ2) is 18.6. The van der Waals surface area contributed by atoms with Gasteiger partial charge in [0.25, 0.3) is 11.8 Å². The number of esters is 1. The monoisotopic (exact) mass is 878 g/mol. The lowest BCUT2D eigenvalue weighted by Crippen LogP contribution is -2.70. The Morgan fingerprint density at radius 1 is 0.918 bits per heavy atom. The maximum Gasteiger partial charge on any atom is 0.413 e. The lowest BCUT2D eigenvalue weighted by Gasteiger charge is -2.48. The third-order valence-electron chi connectivity index (χ3n) is 9.38. The van der Waals surface area contributed by atoms with Crippen LogP contribution in [-0.4, -0.2) is 96.2 Å². The summed E-state index contributed by atoms with van der Waals surface area (Å²) in [5, 5.41) is 10.1. The van der Waals surface area contributed by atoms with Crippen molar-refractivity contribution >= 4 is 69.8 Å². The summed E-state index contributed by atoms with van der Waals surface area (Å²) in [6.45, 7) is 5.19. The highest BCUT2D eigenvalue weighted by Crippen LogP contribution is 2.41. The van der Waals surface area contributed by atoms with Crippen molar-refractivity contribution in [2.45, 2.75) is 53.8 Å². The summed E-state index contributed by atoms with van der Waals surface area (Å²) >= 11 is 3.48. The summed E-state index contributed by atoms with van der Waals surface area (Å²) < 4.78 is 15.9. The van der Waals surface area contributed by atoms with Crippen LogP contribution in [0, 0.1) is 0 Å². The van der Waals surface area contributed by atoms with E-state index in [-0.39, 0.29) is 17.2 Å². The van der Waals surface area contributed by atoms with E-state index in [9.17, 15) is 19.2 Å². The molecule has 2 N–H and O–H groups in total. The molecule has 2 unspecified atom stereocenters. The standard InChI is InChI=1S/C43H42N8O7S3/c1-42(2,3)58-40(55)50(4)41(60-30-21-24-44-25-22-30)57-38(54)31-23-26-59-37-33(36(53)51(31)37)45-35(52)32(48-56-5)34-46-39(61-49-34)47-43(27-15-9-6-10-16-27,28-17-11-7-12-18-28)29-19-13-8-14-20-29/h6-25,33,37,41H,26H2,1-5H3,(H,45,52)(H,46,47,49)/b48-32-/t33?,37-,41?/m0/s1. The molecule has 61 heavy (non-hydrogen) atoms. The number of amides is 3. The SMILES string of the molecule is CO/N=C(\C(=O)NC1C(=O)N2C(C(=O)OC(Sc3ccncc3)N(C)C(=O)OC(C)(C)C)=CCS[C@@H]12)c1nsc(NC(c2ccccc2)(c2ccccc2)c2ccccc2)n1. The van der Waals surface area contributed by atoms with Gasteiger partial charge in [0.05, 0.1) is 0 Å². The highest BCUT2D eigenvalue weighted by molar-refractivity contribution is 8.00. The van der Waals surface area contributed by atoms with E-state index in [0.29, 0.717) is 15.8 Å². The van der Waals surface area contributed by atoms with Crippen LogP contribution in [0.2, 0.25) is 0 Å². The molecule has 5 aromatic rings. The van der Waals surface area contributed by atoms with Crippen LogP contribution >= 0.6 is 35.1 Å². The predicted octanol–water partition coefficient (Wildman–Crippen LogP) is 6.46. The van der Waals surface area contributed by atoms with Crippen molar-refractivity contribution in [2.24, 2.45) is 5.16 Å². The molecule has 2 aromatic heterocycles. The van der Waals surface area contributed by atoms with Gasteiger partial charge in [0.15, 0.2) is 0 Å². The Hall–Kier alpha value is -6.24. The zero-order chi connectivity index (χ0) is 43.1. The van der Waals surface area contributed by atoms with Crippen LogP contribution in [0.4, 0.5) is 9.93 Å². The average molecular weight is 879 g/mol. The van der Waals surface area contributed by atoms with E-state index in [1.54, 1.807) is 51.4 Å². The van der Waals surface area contributed by atoms with Crippen LogP contribution in [0.25, 0.3) is 0 Å². The third-order valence-corrected chi connectivity index (χ3v) is 12.4. The number of nitrogens with one attached hydrogen (secondary N) is 2. The maximum absolute atomic E-state index is 13.9. The van der Waals surface area contributed by atoms with Crippen LogP contribution in [0.15, 0.2) is 137 Å². The minimum absolute atomic E-state index is 0.0152. The molecule has 7 rings (SSSR count). The van der Waals surface area contributed by atoms with Crippen molar-refractivity contribution in [1.29, 1.82) is 0 Å². The number of anilines is 1. The largest absolute Gasteiger partial charge is 0.444 e. The summed E-state index contributed by atoms with van der Waals surface area (Å²) in [4.78, 5) is 71.4. The molecule has 15 nitrogen and oxygen atoms in total. The van der Waals surface area contributed by atoms with Crippen molar-refractivity contribution in [3.8, 4) is 0 Å². The molecule has 0 spiro atoms. The summed E-state index contributed by atoms with van der Waals surface area (Å²) in [5.74, 6) is -1.82.